The van der Waals surface area contributed by atoms with E-state index in [4.69, 9.17) is 9.72 Å². The maximum Gasteiger partial charge on any atom is 0.341 e. The first-order valence-electron chi connectivity index (χ1n) is 13.3. The molecule has 0 fully saturated rings. The van der Waals surface area contributed by atoms with Crippen molar-refractivity contribution in [3.05, 3.63) is 67.1 Å². The molecule has 6 rings (SSSR count). The van der Waals surface area contributed by atoms with E-state index in [9.17, 15) is 14.4 Å². The first-order chi connectivity index (χ1) is 18.9. The summed E-state index contributed by atoms with van der Waals surface area (Å²) >= 11 is 4.30. The summed E-state index contributed by atoms with van der Waals surface area (Å²) in [6.07, 6.45) is 5.67. The van der Waals surface area contributed by atoms with Gasteiger partial charge < -0.3 is 10.1 Å². The molecule has 0 aliphatic heterocycles. The summed E-state index contributed by atoms with van der Waals surface area (Å²) < 4.78 is 6.97. The van der Waals surface area contributed by atoms with E-state index in [-0.39, 0.29) is 29.8 Å². The molecule has 1 N–H and O–H groups in total. The monoisotopic (exact) mass is 579 g/mol. The third kappa shape index (κ3) is 4.94. The molecule has 0 saturated carbocycles. The summed E-state index contributed by atoms with van der Waals surface area (Å²) in [6.45, 7) is 4.27. The number of carbonyl (C=O) groups is 2. The lowest BCUT2D eigenvalue weighted by Gasteiger charge is -2.18. The zero-order chi connectivity index (χ0) is 27.1. The fourth-order valence-electron chi connectivity index (χ4n) is 5.48. The minimum absolute atomic E-state index is 0.0527. The van der Waals surface area contributed by atoms with Gasteiger partial charge in [-0.1, -0.05) is 36.9 Å². The van der Waals surface area contributed by atoms with Crippen molar-refractivity contribution in [2.24, 2.45) is 5.92 Å². The number of ether oxygens (including phenoxy) is 1. The lowest BCUT2D eigenvalue weighted by atomic mass is 9.88. The van der Waals surface area contributed by atoms with Crippen molar-refractivity contribution in [3.8, 4) is 5.69 Å². The predicted molar refractivity (Wildman–Crippen MR) is 158 cm³/mol. The van der Waals surface area contributed by atoms with E-state index in [1.165, 1.54) is 28.0 Å². The Kier molecular flexibility index (Phi) is 7.35. The molecular weight excluding hydrogens is 551 g/mol. The number of aryl methyl sites for hydroxylation is 2. The fourth-order valence-corrected chi connectivity index (χ4v) is 9.01. The van der Waals surface area contributed by atoms with Gasteiger partial charge in [-0.05, 0) is 74.6 Å². The normalized spacial score (nSPS) is 16.2. The van der Waals surface area contributed by atoms with Gasteiger partial charge in [0.05, 0.1) is 29.0 Å². The Balaban J connectivity index is 1.30. The van der Waals surface area contributed by atoms with Crippen LogP contribution < -0.4 is 10.9 Å². The van der Waals surface area contributed by atoms with Gasteiger partial charge in [0.2, 0.25) is 5.91 Å². The van der Waals surface area contributed by atoms with Gasteiger partial charge in [0.15, 0.2) is 5.16 Å². The Bertz CT molecular complexity index is 1640. The number of nitrogens with zero attached hydrogens (tertiary/aromatic N) is 2. The van der Waals surface area contributed by atoms with E-state index in [0.29, 0.717) is 27.0 Å². The first-order valence-corrected chi connectivity index (χ1v) is 15.9. The van der Waals surface area contributed by atoms with Crippen molar-refractivity contribution in [2.45, 2.75) is 57.5 Å². The van der Waals surface area contributed by atoms with Crippen LogP contribution in [0.2, 0.25) is 0 Å². The highest BCUT2D eigenvalue weighted by molar-refractivity contribution is 7.99. The number of anilines is 1. The van der Waals surface area contributed by atoms with Gasteiger partial charge in [0, 0.05) is 9.75 Å². The zero-order valence-electron chi connectivity index (χ0n) is 21.9. The molecule has 4 aromatic rings. The molecular formula is C29H29N3O4S3. The molecule has 39 heavy (non-hydrogen) atoms. The molecule has 2 aliphatic rings. The van der Waals surface area contributed by atoms with E-state index in [2.05, 4.69) is 12.2 Å². The molecule has 2 aliphatic carbocycles. The lowest BCUT2D eigenvalue weighted by molar-refractivity contribution is -0.113. The topological polar surface area (TPSA) is 90.3 Å². The fraction of sp³-hybridized carbons (Fsp3) is 0.379. The summed E-state index contributed by atoms with van der Waals surface area (Å²) in [7, 11) is 0. The standard InChI is InChI=1S/C29H29N3O4S3/c1-3-36-28(35)24-19-13-12-16(2)14-21(19)39-26(24)30-22(33)15-37-29-31-25-23(18-10-7-11-20(18)38-25)27(34)32(29)17-8-5-4-6-9-17/h4-6,8-9,16H,3,7,10-15H2,1-2H3,(H,30,33)/t16-/m0/s1. The Hall–Kier alpha value is -2.95. The average Bonchev–Trinajstić information content (AvgIpc) is 3.60. The first kappa shape index (κ1) is 26.3. The van der Waals surface area contributed by atoms with Crippen LogP contribution >= 0.6 is 34.4 Å². The summed E-state index contributed by atoms with van der Waals surface area (Å²) in [4.78, 5) is 47.9. The lowest BCUT2D eigenvalue weighted by Crippen LogP contribution is -2.23. The van der Waals surface area contributed by atoms with E-state index >= 15 is 0 Å². The summed E-state index contributed by atoms with van der Waals surface area (Å²) in [5.74, 6) is -0.0420. The van der Waals surface area contributed by atoms with Crippen molar-refractivity contribution in [1.29, 1.82) is 0 Å². The second kappa shape index (κ2) is 10.9. The number of esters is 1. The molecule has 0 unspecified atom stereocenters. The van der Waals surface area contributed by atoms with Gasteiger partial charge in [-0.25, -0.2) is 9.78 Å². The number of rotatable bonds is 7. The summed E-state index contributed by atoms with van der Waals surface area (Å²) in [5.41, 5.74) is 3.28. The van der Waals surface area contributed by atoms with E-state index in [0.717, 1.165) is 65.0 Å². The van der Waals surface area contributed by atoms with Crippen LogP contribution in [0.25, 0.3) is 15.9 Å². The Labute approximate surface area is 238 Å². The van der Waals surface area contributed by atoms with Crippen molar-refractivity contribution in [2.75, 3.05) is 17.7 Å². The van der Waals surface area contributed by atoms with Crippen LogP contribution in [0, 0.1) is 5.92 Å². The highest BCUT2D eigenvalue weighted by Gasteiger charge is 2.29. The van der Waals surface area contributed by atoms with Crippen molar-refractivity contribution >= 4 is 61.5 Å². The number of carbonyl (C=O) groups excluding carboxylic acids is 2. The van der Waals surface area contributed by atoms with Crippen molar-refractivity contribution in [1.82, 2.24) is 9.55 Å². The SMILES string of the molecule is CCOC(=O)c1c(NC(=O)CSc2nc3sc4c(c3c(=O)n2-c2ccccc2)CCC4)sc2c1CC[C@H](C)C2. The molecule has 0 radical (unpaired) electrons. The van der Waals surface area contributed by atoms with Crippen LogP contribution in [-0.4, -0.2) is 33.8 Å². The molecule has 0 saturated heterocycles. The molecule has 1 atom stereocenters. The third-order valence-corrected chi connectivity index (χ3v) is 10.6. The Morgan fingerprint density at radius 3 is 2.74 bits per heavy atom. The number of benzene rings is 1. The second-order valence-electron chi connectivity index (χ2n) is 10.0. The average molecular weight is 580 g/mol. The zero-order valence-corrected chi connectivity index (χ0v) is 24.3. The van der Waals surface area contributed by atoms with Gasteiger partial charge in [-0.3, -0.25) is 14.2 Å². The quantitative estimate of drug-likeness (QED) is 0.163. The van der Waals surface area contributed by atoms with Gasteiger partial charge in [0.1, 0.15) is 9.83 Å². The Morgan fingerprint density at radius 2 is 1.95 bits per heavy atom. The van der Waals surface area contributed by atoms with Crippen LogP contribution in [0.4, 0.5) is 5.00 Å². The van der Waals surface area contributed by atoms with Crippen molar-refractivity contribution < 1.29 is 14.3 Å². The maximum absolute atomic E-state index is 13.8. The molecule has 10 heteroatoms. The molecule has 1 aromatic carbocycles. The number of thioether (sulfide) groups is 1. The molecule has 7 nitrogen and oxygen atoms in total. The van der Waals surface area contributed by atoms with Gasteiger partial charge in [0.25, 0.3) is 5.56 Å². The molecule has 0 spiro atoms. The summed E-state index contributed by atoms with van der Waals surface area (Å²) in [6, 6.07) is 9.46. The molecule has 0 bridgehead atoms. The highest BCUT2D eigenvalue weighted by atomic mass is 32.2. The number of hydrogen-bond acceptors (Lipinski definition) is 8. The largest absolute Gasteiger partial charge is 0.462 e. The smallest absolute Gasteiger partial charge is 0.341 e. The minimum atomic E-state index is -0.386. The molecule has 3 heterocycles. The van der Waals surface area contributed by atoms with Gasteiger partial charge in [-0.15, -0.1) is 22.7 Å². The third-order valence-electron chi connectivity index (χ3n) is 7.30. The molecule has 1 amide bonds. The number of nitrogens with one attached hydrogen (secondary N) is 1. The number of thiophene rings is 2. The van der Waals surface area contributed by atoms with Gasteiger partial charge >= 0.3 is 5.97 Å². The van der Waals surface area contributed by atoms with Crippen LogP contribution in [-0.2, 0) is 35.2 Å². The summed E-state index contributed by atoms with van der Waals surface area (Å²) in [5, 5.41) is 4.73. The highest BCUT2D eigenvalue weighted by Crippen LogP contribution is 2.40. The van der Waals surface area contributed by atoms with E-state index < -0.39 is 0 Å². The maximum atomic E-state index is 13.8. The number of hydrogen-bond donors (Lipinski definition) is 1. The number of aromatic nitrogens is 2. The van der Waals surface area contributed by atoms with E-state index in [1.807, 2.05) is 30.3 Å². The minimum Gasteiger partial charge on any atom is -0.462 e. The number of para-hydroxylation sites is 1. The van der Waals surface area contributed by atoms with Crippen LogP contribution in [0.5, 0.6) is 0 Å². The number of fused-ring (bicyclic) bond motifs is 4. The van der Waals surface area contributed by atoms with Crippen LogP contribution in [0.15, 0.2) is 40.3 Å². The van der Waals surface area contributed by atoms with Crippen LogP contribution in [0.3, 0.4) is 0 Å². The predicted octanol–water partition coefficient (Wildman–Crippen LogP) is 6.03. The Morgan fingerprint density at radius 1 is 1.13 bits per heavy atom. The van der Waals surface area contributed by atoms with Crippen molar-refractivity contribution in [3.63, 3.8) is 0 Å². The van der Waals surface area contributed by atoms with Crippen LogP contribution in [0.1, 0.15) is 57.9 Å². The molecule has 3 aromatic heterocycles. The number of amides is 1. The second-order valence-corrected chi connectivity index (χ2v) is 13.2. The molecule has 202 valence electrons. The van der Waals surface area contributed by atoms with Gasteiger partial charge in [-0.2, -0.15) is 0 Å². The van der Waals surface area contributed by atoms with E-state index in [1.54, 1.807) is 22.8 Å².